The maximum Gasteiger partial charge on any atom is 0.168 e. The second-order valence-electron chi connectivity index (χ2n) is 5.61. The second-order valence-corrected chi connectivity index (χ2v) is 5.61. The third-order valence-corrected chi connectivity index (χ3v) is 4.85. The number of ether oxygens (including phenoxy) is 2. The van der Waals surface area contributed by atoms with Crippen molar-refractivity contribution in [2.75, 3.05) is 13.2 Å². The van der Waals surface area contributed by atoms with Crippen molar-refractivity contribution in [1.29, 1.82) is 0 Å². The van der Waals surface area contributed by atoms with Gasteiger partial charge in [0.25, 0.3) is 0 Å². The molecule has 1 aliphatic heterocycles. The van der Waals surface area contributed by atoms with E-state index in [1.54, 1.807) is 0 Å². The quantitative estimate of drug-likeness (QED) is 0.793. The minimum Gasteiger partial charge on any atom is -0.348 e. The summed E-state index contributed by atoms with van der Waals surface area (Å²) in [6, 6.07) is 11.0. The Hall–Kier alpha value is -0.860. The number of hydrogen-bond donors (Lipinski definition) is 0. The van der Waals surface area contributed by atoms with Crippen molar-refractivity contribution >= 4 is 0 Å². The second kappa shape index (κ2) is 4.67. The summed E-state index contributed by atoms with van der Waals surface area (Å²) in [5.41, 5.74) is 1.82. The average Bonchev–Trinajstić information content (AvgIpc) is 2.90. The van der Waals surface area contributed by atoms with Gasteiger partial charge >= 0.3 is 0 Å². The fraction of sp³-hybridized carbons (Fsp3) is 0.625. The normalized spacial score (nSPS) is 25.4. The van der Waals surface area contributed by atoms with Crippen molar-refractivity contribution in [3.63, 3.8) is 0 Å². The van der Waals surface area contributed by atoms with E-state index in [9.17, 15) is 0 Å². The Labute approximate surface area is 109 Å². The summed E-state index contributed by atoms with van der Waals surface area (Å²) < 4.78 is 11.7. The van der Waals surface area contributed by atoms with Gasteiger partial charge in [0.2, 0.25) is 0 Å². The van der Waals surface area contributed by atoms with Crippen LogP contribution in [0.5, 0.6) is 0 Å². The molecule has 2 fully saturated rings. The van der Waals surface area contributed by atoms with E-state index in [1.807, 2.05) is 0 Å². The van der Waals surface area contributed by atoms with Gasteiger partial charge in [-0.2, -0.15) is 0 Å². The van der Waals surface area contributed by atoms with Crippen LogP contribution in [-0.2, 0) is 14.9 Å². The van der Waals surface area contributed by atoms with E-state index in [2.05, 4.69) is 37.3 Å². The largest absolute Gasteiger partial charge is 0.348 e. The zero-order chi connectivity index (χ0) is 12.5. The fourth-order valence-electron chi connectivity index (χ4n) is 3.53. The van der Waals surface area contributed by atoms with Crippen LogP contribution >= 0.6 is 0 Å². The zero-order valence-electron chi connectivity index (χ0n) is 11.2. The fourth-order valence-corrected chi connectivity index (χ4v) is 3.53. The lowest BCUT2D eigenvalue weighted by Crippen LogP contribution is -2.41. The molecule has 18 heavy (non-hydrogen) atoms. The summed E-state index contributed by atoms with van der Waals surface area (Å²) in [4.78, 5) is 0. The first-order chi connectivity index (χ1) is 8.79. The first kappa shape index (κ1) is 12.2. The van der Waals surface area contributed by atoms with Crippen LogP contribution in [0.4, 0.5) is 0 Å². The highest BCUT2D eigenvalue weighted by molar-refractivity contribution is 5.26. The highest BCUT2D eigenvalue weighted by Gasteiger charge is 2.45. The van der Waals surface area contributed by atoms with Gasteiger partial charge in [-0.05, 0) is 30.2 Å². The number of rotatable bonds is 2. The van der Waals surface area contributed by atoms with Crippen molar-refractivity contribution in [2.45, 2.75) is 50.2 Å². The third-order valence-electron chi connectivity index (χ3n) is 4.85. The van der Waals surface area contributed by atoms with Crippen molar-refractivity contribution in [3.05, 3.63) is 35.9 Å². The Balaban J connectivity index is 1.79. The highest BCUT2D eigenvalue weighted by atomic mass is 16.7. The molecular formula is C16H22O2. The van der Waals surface area contributed by atoms with E-state index in [1.165, 1.54) is 24.8 Å². The van der Waals surface area contributed by atoms with Crippen LogP contribution in [0.2, 0.25) is 0 Å². The molecule has 1 heterocycles. The number of benzene rings is 1. The summed E-state index contributed by atoms with van der Waals surface area (Å²) >= 11 is 0. The summed E-state index contributed by atoms with van der Waals surface area (Å²) in [5, 5.41) is 0. The molecule has 1 aliphatic carbocycles. The summed E-state index contributed by atoms with van der Waals surface area (Å²) in [7, 11) is 0. The molecule has 0 radical (unpaired) electrons. The summed E-state index contributed by atoms with van der Waals surface area (Å²) in [6.45, 7) is 3.84. The van der Waals surface area contributed by atoms with E-state index in [4.69, 9.17) is 9.47 Å². The molecule has 0 atom stereocenters. The van der Waals surface area contributed by atoms with Crippen LogP contribution in [0.1, 0.15) is 44.6 Å². The zero-order valence-corrected chi connectivity index (χ0v) is 11.2. The summed E-state index contributed by atoms with van der Waals surface area (Å²) in [6.07, 6.45) is 5.62. The van der Waals surface area contributed by atoms with E-state index in [0.29, 0.717) is 5.41 Å². The van der Waals surface area contributed by atoms with Crippen molar-refractivity contribution in [2.24, 2.45) is 0 Å². The van der Waals surface area contributed by atoms with Gasteiger partial charge in [-0.15, -0.1) is 0 Å². The van der Waals surface area contributed by atoms with Gasteiger partial charge in [0.15, 0.2) is 5.79 Å². The minimum absolute atomic E-state index is 0.243. The van der Waals surface area contributed by atoms with Crippen molar-refractivity contribution in [1.82, 2.24) is 0 Å². The Morgan fingerprint density at radius 1 is 0.944 bits per heavy atom. The SMILES string of the molecule is CCC1(c2ccccc2)CCC2(CC1)OCCO2. The van der Waals surface area contributed by atoms with E-state index in [-0.39, 0.29) is 5.79 Å². The van der Waals surface area contributed by atoms with E-state index in [0.717, 1.165) is 26.1 Å². The van der Waals surface area contributed by atoms with E-state index < -0.39 is 0 Å². The predicted octanol–water partition coefficient (Wildman–Crippen LogP) is 3.65. The average molecular weight is 246 g/mol. The molecule has 0 unspecified atom stereocenters. The highest BCUT2D eigenvalue weighted by Crippen LogP contribution is 2.47. The molecule has 0 bridgehead atoms. The predicted molar refractivity (Wildman–Crippen MR) is 71.5 cm³/mol. The van der Waals surface area contributed by atoms with Crippen LogP contribution < -0.4 is 0 Å². The van der Waals surface area contributed by atoms with Gasteiger partial charge in [-0.1, -0.05) is 37.3 Å². The molecule has 0 N–H and O–H groups in total. The van der Waals surface area contributed by atoms with Gasteiger partial charge in [0.05, 0.1) is 13.2 Å². The maximum atomic E-state index is 5.83. The van der Waals surface area contributed by atoms with Gasteiger partial charge in [0.1, 0.15) is 0 Å². The topological polar surface area (TPSA) is 18.5 Å². The lowest BCUT2D eigenvalue weighted by atomic mass is 9.66. The third kappa shape index (κ3) is 1.98. The van der Waals surface area contributed by atoms with Gasteiger partial charge in [-0.3, -0.25) is 0 Å². The molecule has 1 saturated carbocycles. The molecule has 1 aromatic rings. The van der Waals surface area contributed by atoms with Crippen LogP contribution in [0.25, 0.3) is 0 Å². The van der Waals surface area contributed by atoms with Gasteiger partial charge < -0.3 is 9.47 Å². The van der Waals surface area contributed by atoms with Crippen LogP contribution in [0, 0.1) is 0 Å². The molecule has 2 nitrogen and oxygen atoms in total. The van der Waals surface area contributed by atoms with Gasteiger partial charge in [-0.25, -0.2) is 0 Å². The minimum atomic E-state index is -0.243. The molecule has 1 saturated heterocycles. The summed E-state index contributed by atoms with van der Waals surface area (Å²) in [5.74, 6) is -0.243. The molecule has 3 rings (SSSR count). The van der Waals surface area contributed by atoms with Gasteiger partial charge in [0, 0.05) is 12.8 Å². The molecular weight excluding hydrogens is 224 g/mol. The first-order valence-electron chi connectivity index (χ1n) is 7.12. The lowest BCUT2D eigenvalue weighted by molar-refractivity contribution is -0.185. The van der Waals surface area contributed by atoms with Crippen molar-refractivity contribution < 1.29 is 9.47 Å². The Kier molecular flexibility index (Phi) is 3.16. The molecule has 2 heteroatoms. The standard InChI is InChI=1S/C16H22O2/c1-2-15(14-6-4-3-5-7-14)8-10-16(11-9-15)17-12-13-18-16/h3-7H,2,8-13H2,1H3. The molecule has 1 aromatic carbocycles. The molecule has 1 spiro atoms. The molecule has 0 aromatic heterocycles. The first-order valence-corrected chi connectivity index (χ1v) is 7.12. The Morgan fingerprint density at radius 2 is 1.56 bits per heavy atom. The Morgan fingerprint density at radius 3 is 2.11 bits per heavy atom. The number of hydrogen-bond acceptors (Lipinski definition) is 2. The van der Waals surface area contributed by atoms with Crippen LogP contribution in [0.3, 0.4) is 0 Å². The smallest absolute Gasteiger partial charge is 0.168 e. The Bertz CT molecular complexity index is 383. The van der Waals surface area contributed by atoms with E-state index >= 15 is 0 Å². The monoisotopic (exact) mass is 246 g/mol. The molecule has 2 aliphatic rings. The van der Waals surface area contributed by atoms with Crippen LogP contribution in [0.15, 0.2) is 30.3 Å². The van der Waals surface area contributed by atoms with Crippen molar-refractivity contribution in [3.8, 4) is 0 Å². The van der Waals surface area contributed by atoms with Crippen LogP contribution in [-0.4, -0.2) is 19.0 Å². The molecule has 98 valence electrons. The molecule has 0 amide bonds. The lowest BCUT2D eigenvalue weighted by Gasteiger charge is -2.43. The maximum absolute atomic E-state index is 5.83.